The first-order valence-electron chi connectivity index (χ1n) is 13.9. The van der Waals surface area contributed by atoms with Gasteiger partial charge in [0.15, 0.2) is 0 Å². The number of urea groups is 1. The number of anilines is 2. The Kier molecular flexibility index (Phi) is 7.75. The van der Waals surface area contributed by atoms with E-state index in [0.29, 0.717) is 31.1 Å². The summed E-state index contributed by atoms with van der Waals surface area (Å²) in [6.07, 6.45) is 3.43. The zero-order chi connectivity index (χ0) is 29.3. The Morgan fingerprint density at radius 3 is 2.41 bits per heavy atom. The molecule has 0 unspecified atom stereocenters. The molecule has 216 valence electrons. The van der Waals surface area contributed by atoms with Gasteiger partial charge in [0.25, 0.3) is 0 Å². The van der Waals surface area contributed by atoms with E-state index < -0.39 is 5.60 Å². The van der Waals surface area contributed by atoms with Crippen LogP contribution in [0.4, 0.5) is 21.0 Å². The van der Waals surface area contributed by atoms with Crippen molar-refractivity contribution in [3.05, 3.63) is 60.4 Å². The van der Waals surface area contributed by atoms with Crippen molar-refractivity contribution in [1.29, 1.82) is 0 Å². The molecule has 3 aromatic rings. The van der Waals surface area contributed by atoms with E-state index in [1.54, 1.807) is 23.1 Å². The summed E-state index contributed by atoms with van der Waals surface area (Å²) in [7, 11) is 1.60. The Bertz CT molecular complexity index is 1450. The van der Waals surface area contributed by atoms with Crippen LogP contribution in [0.25, 0.3) is 10.8 Å². The van der Waals surface area contributed by atoms with Gasteiger partial charge in [0.05, 0.1) is 25.5 Å². The Hall–Kier alpha value is -4.34. The van der Waals surface area contributed by atoms with Gasteiger partial charge in [-0.05, 0) is 51.5 Å². The summed E-state index contributed by atoms with van der Waals surface area (Å²) in [6.45, 7) is 9.86. The second-order valence-corrected chi connectivity index (χ2v) is 11.5. The highest BCUT2D eigenvalue weighted by molar-refractivity contribution is 6.11. The lowest BCUT2D eigenvalue weighted by Gasteiger charge is -2.42. The highest BCUT2D eigenvalue weighted by atomic mass is 16.6. The average molecular weight is 560 g/mol. The van der Waals surface area contributed by atoms with Gasteiger partial charge >= 0.3 is 12.1 Å². The number of methoxy groups -OCH3 is 1. The average Bonchev–Trinajstić information content (AvgIpc) is 2.94. The summed E-state index contributed by atoms with van der Waals surface area (Å²) in [6, 6.07) is 13.0. The van der Waals surface area contributed by atoms with Crippen LogP contribution in [-0.2, 0) is 16.1 Å². The number of benzene rings is 2. The van der Waals surface area contributed by atoms with Crippen molar-refractivity contribution in [1.82, 2.24) is 14.8 Å². The number of carbonyl (C=O) groups excluding carboxylic acids is 3. The van der Waals surface area contributed by atoms with Crippen LogP contribution in [0, 0.1) is 0 Å². The smallest absolute Gasteiger partial charge is 0.410 e. The van der Waals surface area contributed by atoms with Crippen LogP contribution in [0.5, 0.6) is 5.75 Å². The minimum atomic E-state index is -0.546. The number of imide groups is 1. The molecular formula is C31H37N5O5. The molecule has 0 radical (unpaired) electrons. The van der Waals surface area contributed by atoms with Crippen molar-refractivity contribution in [3.63, 3.8) is 0 Å². The normalized spacial score (nSPS) is 18.2. The molecule has 0 spiro atoms. The van der Waals surface area contributed by atoms with Gasteiger partial charge in [0.2, 0.25) is 5.91 Å². The molecule has 0 aliphatic carbocycles. The summed E-state index contributed by atoms with van der Waals surface area (Å²) < 4.78 is 10.8. The molecular weight excluding hydrogens is 522 g/mol. The van der Waals surface area contributed by atoms with E-state index in [9.17, 15) is 14.4 Å². The molecule has 4 amide bonds. The van der Waals surface area contributed by atoms with Crippen molar-refractivity contribution in [3.8, 4) is 5.75 Å². The van der Waals surface area contributed by atoms with E-state index in [1.807, 2.05) is 69.4 Å². The fraction of sp³-hybridized carbons (Fsp3) is 0.419. The molecule has 0 bridgehead atoms. The topological polar surface area (TPSA) is 95.5 Å². The Balaban J connectivity index is 1.39. The molecule has 5 rings (SSSR count). The lowest BCUT2D eigenvalue weighted by atomic mass is 10.1. The number of piperazine rings is 1. The van der Waals surface area contributed by atoms with Crippen LogP contribution in [0.15, 0.2) is 54.9 Å². The molecule has 0 N–H and O–H groups in total. The Morgan fingerprint density at radius 1 is 0.976 bits per heavy atom. The molecule has 2 aromatic carbocycles. The first-order chi connectivity index (χ1) is 19.6. The number of nitrogens with zero attached hydrogens (tertiary/aromatic N) is 5. The van der Waals surface area contributed by atoms with Crippen molar-refractivity contribution in [2.24, 2.45) is 0 Å². The predicted octanol–water partition coefficient (Wildman–Crippen LogP) is 5.05. The number of hydrogen-bond acceptors (Lipinski definition) is 7. The zero-order valence-electron chi connectivity index (χ0n) is 24.3. The van der Waals surface area contributed by atoms with E-state index in [-0.39, 0.29) is 43.6 Å². The highest BCUT2D eigenvalue weighted by Crippen LogP contribution is 2.35. The molecule has 10 nitrogen and oxygen atoms in total. The third-order valence-corrected chi connectivity index (χ3v) is 7.45. The molecule has 2 aliphatic rings. The molecule has 10 heteroatoms. The van der Waals surface area contributed by atoms with E-state index in [2.05, 4.69) is 16.8 Å². The highest BCUT2D eigenvalue weighted by Gasteiger charge is 2.35. The number of amides is 4. The number of hydrogen-bond donors (Lipinski definition) is 0. The van der Waals surface area contributed by atoms with Gasteiger partial charge in [0, 0.05) is 61.3 Å². The van der Waals surface area contributed by atoms with Crippen LogP contribution in [0.3, 0.4) is 0 Å². The predicted molar refractivity (Wildman–Crippen MR) is 157 cm³/mol. The number of fused-ring (bicyclic) bond motifs is 1. The number of ether oxygens (including phenoxy) is 2. The van der Waals surface area contributed by atoms with Crippen molar-refractivity contribution in [2.45, 2.75) is 52.3 Å². The van der Waals surface area contributed by atoms with Gasteiger partial charge in [-0.2, -0.15) is 0 Å². The maximum Gasteiger partial charge on any atom is 0.410 e. The van der Waals surface area contributed by atoms with Gasteiger partial charge in [-0.1, -0.05) is 24.3 Å². The number of aromatic nitrogens is 1. The first kappa shape index (κ1) is 28.2. The number of rotatable bonds is 5. The van der Waals surface area contributed by atoms with Crippen LogP contribution >= 0.6 is 0 Å². The molecule has 2 saturated heterocycles. The molecule has 1 aromatic heterocycles. The summed E-state index contributed by atoms with van der Waals surface area (Å²) in [5.74, 6) is 0.512. The standard InChI is InChI=1S/C31H37N5O5/c1-21-19-33(30(39)41-31(2,3)4)15-16-34(21)26-8-6-7-24-25(26)17-32-18-27(24)35-14-13-28(37)36(29(35)38)20-22-9-11-23(40-5)12-10-22/h6-12,17-18,21H,13-16,19-20H2,1-5H3/t21-/m0/s1. The first-order valence-corrected chi connectivity index (χ1v) is 13.9. The van der Waals surface area contributed by atoms with Gasteiger partial charge in [-0.15, -0.1) is 0 Å². The summed E-state index contributed by atoms with van der Waals surface area (Å²) in [5.41, 5.74) is 1.95. The lowest BCUT2D eigenvalue weighted by molar-refractivity contribution is -0.129. The summed E-state index contributed by atoms with van der Waals surface area (Å²) >= 11 is 0. The molecule has 0 saturated carbocycles. The maximum atomic E-state index is 13.7. The molecule has 3 heterocycles. The second kappa shape index (κ2) is 11.3. The SMILES string of the molecule is COc1ccc(CN2C(=O)CCN(c3cncc4c(N5CCN(C(=O)OC(C)(C)C)C[C@@H]5C)cccc34)C2=O)cc1. The Labute approximate surface area is 240 Å². The maximum absolute atomic E-state index is 13.7. The molecule has 2 fully saturated rings. The number of carbonyl (C=O) groups is 3. The summed E-state index contributed by atoms with van der Waals surface area (Å²) in [5, 5.41) is 1.79. The van der Waals surface area contributed by atoms with Crippen molar-refractivity contribution < 1.29 is 23.9 Å². The van der Waals surface area contributed by atoms with E-state index in [0.717, 1.165) is 22.0 Å². The molecule has 1 atom stereocenters. The minimum absolute atomic E-state index is 0.0414. The van der Waals surface area contributed by atoms with Crippen molar-refractivity contribution >= 4 is 40.2 Å². The van der Waals surface area contributed by atoms with Crippen LogP contribution in [0.1, 0.15) is 39.7 Å². The molecule has 41 heavy (non-hydrogen) atoms. The Morgan fingerprint density at radius 2 is 1.73 bits per heavy atom. The van der Waals surface area contributed by atoms with Gasteiger partial charge < -0.3 is 19.3 Å². The van der Waals surface area contributed by atoms with Crippen molar-refractivity contribution in [2.75, 3.05) is 43.1 Å². The van der Waals surface area contributed by atoms with Gasteiger partial charge in [-0.3, -0.25) is 19.6 Å². The van der Waals surface area contributed by atoms with Gasteiger partial charge in [0.1, 0.15) is 11.4 Å². The largest absolute Gasteiger partial charge is 0.497 e. The lowest BCUT2D eigenvalue weighted by Crippen LogP contribution is -2.54. The third kappa shape index (κ3) is 5.91. The summed E-state index contributed by atoms with van der Waals surface area (Å²) in [4.78, 5) is 50.6. The second-order valence-electron chi connectivity index (χ2n) is 11.5. The van der Waals surface area contributed by atoms with Crippen LogP contribution < -0.4 is 14.5 Å². The monoisotopic (exact) mass is 559 g/mol. The third-order valence-electron chi connectivity index (χ3n) is 7.45. The van der Waals surface area contributed by atoms with E-state index >= 15 is 0 Å². The van der Waals surface area contributed by atoms with Gasteiger partial charge in [-0.25, -0.2) is 9.59 Å². The van der Waals surface area contributed by atoms with E-state index in [4.69, 9.17) is 9.47 Å². The quantitative estimate of drug-likeness (QED) is 0.432. The van der Waals surface area contributed by atoms with E-state index in [1.165, 1.54) is 4.90 Å². The molecule has 2 aliphatic heterocycles. The fourth-order valence-corrected chi connectivity index (χ4v) is 5.42. The zero-order valence-corrected chi connectivity index (χ0v) is 24.3. The van der Waals surface area contributed by atoms with Crippen LogP contribution in [0.2, 0.25) is 0 Å². The van der Waals surface area contributed by atoms with Crippen LogP contribution in [-0.4, -0.2) is 77.7 Å². The fourth-order valence-electron chi connectivity index (χ4n) is 5.42. The minimum Gasteiger partial charge on any atom is -0.497 e. The number of pyridine rings is 1.